The summed E-state index contributed by atoms with van der Waals surface area (Å²) in [6.45, 7) is 3.79. The summed E-state index contributed by atoms with van der Waals surface area (Å²) in [5.41, 5.74) is 10.9. The van der Waals surface area contributed by atoms with Crippen LogP contribution in [0.3, 0.4) is 0 Å². The number of nitrogens with two attached hydrogens (primary N) is 1. The molecule has 0 bridgehead atoms. The van der Waals surface area contributed by atoms with Crippen molar-refractivity contribution < 1.29 is 5.11 Å². The highest BCUT2D eigenvalue weighted by atomic mass is 32.1. The van der Waals surface area contributed by atoms with Gasteiger partial charge >= 0.3 is 0 Å². The van der Waals surface area contributed by atoms with E-state index in [-0.39, 0.29) is 5.75 Å². The number of aromatic hydroxyl groups is 1. The molecular formula is C19H15N5OS. The highest BCUT2D eigenvalue weighted by Gasteiger charge is 2.18. The van der Waals surface area contributed by atoms with E-state index >= 15 is 0 Å². The minimum atomic E-state index is 0.199. The molecule has 0 fully saturated rings. The monoisotopic (exact) mass is 361 g/mol. The van der Waals surface area contributed by atoms with Crippen molar-refractivity contribution >= 4 is 27.5 Å². The van der Waals surface area contributed by atoms with Crippen molar-refractivity contribution in [3.8, 4) is 33.5 Å². The molecule has 128 valence electrons. The first-order valence-corrected chi connectivity index (χ1v) is 8.74. The third-order valence-electron chi connectivity index (χ3n) is 4.47. The van der Waals surface area contributed by atoms with Gasteiger partial charge in [0.1, 0.15) is 17.5 Å². The molecule has 0 aliphatic heterocycles. The van der Waals surface area contributed by atoms with Crippen LogP contribution in [0.25, 0.3) is 32.7 Å². The number of nitriles is 1. The van der Waals surface area contributed by atoms with E-state index in [9.17, 15) is 10.4 Å². The molecule has 4 aromatic rings. The summed E-state index contributed by atoms with van der Waals surface area (Å²) < 4.78 is 0. The Hall–Kier alpha value is -3.37. The average Bonchev–Trinajstić information content (AvgIpc) is 3.24. The number of aromatic amines is 1. The first kappa shape index (κ1) is 16.1. The molecule has 0 atom stereocenters. The molecule has 0 saturated heterocycles. The Balaban J connectivity index is 1.99. The summed E-state index contributed by atoms with van der Waals surface area (Å²) in [6.07, 6.45) is 3.37. The van der Waals surface area contributed by atoms with Crippen LogP contribution in [0.15, 0.2) is 30.6 Å². The number of pyridine rings is 1. The number of hydrogen-bond donors (Lipinski definition) is 3. The Morgan fingerprint density at radius 1 is 1.23 bits per heavy atom. The van der Waals surface area contributed by atoms with Gasteiger partial charge in [-0.3, -0.25) is 0 Å². The van der Waals surface area contributed by atoms with Crippen LogP contribution in [0.5, 0.6) is 5.75 Å². The summed E-state index contributed by atoms with van der Waals surface area (Å²) in [5, 5.41) is 21.1. The number of fused-ring (bicyclic) bond motifs is 1. The van der Waals surface area contributed by atoms with Crippen LogP contribution < -0.4 is 5.73 Å². The number of benzene rings is 1. The lowest BCUT2D eigenvalue weighted by atomic mass is 9.92. The SMILES string of the molecule is Cc1ccc(O)c(C)c1-c1cnc2[nH]c(-c3cnc(N)s3)cc2c1C#N. The van der Waals surface area contributed by atoms with Crippen LogP contribution in [0.2, 0.25) is 0 Å². The molecule has 0 aliphatic carbocycles. The van der Waals surface area contributed by atoms with E-state index < -0.39 is 0 Å². The average molecular weight is 361 g/mol. The standard InChI is InChI=1S/C19H15N5OS/c1-9-3-4-15(25)10(2)17(9)13-7-22-18-11(12(13)6-20)5-14(24-18)16-8-23-19(21)26-16/h3-5,7-8,25H,1-2H3,(H2,21,23)(H,22,24). The number of rotatable bonds is 2. The number of aromatic nitrogens is 3. The maximum Gasteiger partial charge on any atom is 0.180 e. The predicted molar refractivity (Wildman–Crippen MR) is 103 cm³/mol. The topological polar surface area (TPSA) is 112 Å². The largest absolute Gasteiger partial charge is 0.508 e. The number of anilines is 1. The lowest BCUT2D eigenvalue weighted by Crippen LogP contribution is -1.94. The Morgan fingerprint density at radius 2 is 2.04 bits per heavy atom. The summed E-state index contributed by atoms with van der Waals surface area (Å²) >= 11 is 1.37. The fourth-order valence-corrected chi connectivity index (χ4v) is 3.84. The molecule has 0 spiro atoms. The van der Waals surface area contributed by atoms with Gasteiger partial charge in [-0.05, 0) is 42.7 Å². The number of nitrogens with one attached hydrogen (secondary N) is 1. The number of aryl methyl sites for hydroxylation is 1. The van der Waals surface area contributed by atoms with Gasteiger partial charge in [0.15, 0.2) is 5.13 Å². The first-order valence-electron chi connectivity index (χ1n) is 7.92. The van der Waals surface area contributed by atoms with Crippen molar-refractivity contribution in [2.75, 3.05) is 5.73 Å². The molecule has 4 rings (SSSR count). The fraction of sp³-hybridized carbons (Fsp3) is 0.105. The molecular weight excluding hydrogens is 346 g/mol. The normalized spacial score (nSPS) is 11.0. The van der Waals surface area contributed by atoms with Crippen LogP contribution in [0, 0.1) is 25.2 Å². The zero-order chi connectivity index (χ0) is 18.4. The van der Waals surface area contributed by atoms with Gasteiger partial charge in [0.2, 0.25) is 0 Å². The zero-order valence-electron chi connectivity index (χ0n) is 14.2. The number of phenolic OH excluding ortho intramolecular Hbond substituents is 1. The first-order chi connectivity index (χ1) is 12.5. The van der Waals surface area contributed by atoms with E-state index in [0.717, 1.165) is 32.6 Å². The molecule has 3 aromatic heterocycles. The second kappa shape index (κ2) is 5.86. The predicted octanol–water partition coefficient (Wildman–Crippen LogP) is 4.13. The molecule has 4 N–H and O–H groups in total. The van der Waals surface area contributed by atoms with Crippen molar-refractivity contribution in [1.29, 1.82) is 5.26 Å². The molecule has 3 heterocycles. The quantitative estimate of drug-likeness (QED) is 0.497. The van der Waals surface area contributed by atoms with Gasteiger partial charge in [-0.25, -0.2) is 9.97 Å². The van der Waals surface area contributed by atoms with E-state index in [1.165, 1.54) is 11.3 Å². The maximum atomic E-state index is 10.1. The van der Waals surface area contributed by atoms with Crippen LogP contribution in [0.1, 0.15) is 16.7 Å². The Labute approximate surface area is 153 Å². The Kier molecular flexibility index (Phi) is 3.63. The second-order valence-corrected chi connectivity index (χ2v) is 7.13. The van der Waals surface area contributed by atoms with Crippen molar-refractivity contribution in [2.24, 2.45) is 0 Å². The van der Waals surface area contributed by atoms with E-state index in [0.29, 0.717) is 21.9 Å². The second-order valence-electron chi connectivity index (χ2n) is 6.07. The lowest BCUT2D eigenvalue weighted by molar-refractivity contribution is 0.471. The molecule has 0 radical (unpaired) electrons. The van der Waals surface area contributed by atoms with E-state index in [2.05, 4.69) is 21.0 Å². The van der Waals surface area contributed by atoms with Crippen LogP contribution in [-0.4, -0.2) is 20.1 Å². The maximum absolute atomic E-state index is 10.1. The van der Waals surface area contributed by atoms with Gasteiger partial charge in [0, 0.05) is 23.3 Å². The molecule has 0 saturated carbocycles. The summed E-state index contributed by atoms with van der Waals surface area (Å²) in [6, 6.07) is 7.70. The van der Waals surface area contributed by atoms with Gasteiger partial charge < -0.3 is 15.8 Å². The highest BCUT2D eigenvalue weighted by molar-refractivity contribution is 7.18. The van der Waals surface area contributed by atoms with Crippen LogP contribution >= 0.6 is 11.3 Å². The van der Waals surface area contributed by atoms with E-state index in [1.54, 1.807) is 18.5 Å². The van der Waals surface area contributed by atoms with Crippen molar-refractivity contribution in [3.63, 3.8) is 0 Å². The minimum Gasteiger partial charge on any atom is -0.508 e. The zero-order valence-corrected chi connectivity index (χ0v) is 15.0. The Morgan fingerprint density at radius 3 is 2.73 bits per heavy atom. The summed E-state index contributed by atoms with van der Waals surface area (Å²) in [7, 11) is 0. The third-order valence-corrected chi connectivity index (χ3v) is 5.33. The van der Waals surface area contributed by atoms with Gasteiger partial charge in [0.25, 0.3) is 0 Å². The summed E-state index contributed by atoms with van der Waals surface area (Å²) in [4.78, 5) is 12.7. The van der Waals surface area contributed by atoms with Crippen molar-refractivity contribution in [1.82, 2.24) is 15.0 Å². The van der Waals surface area contributed by atoms with Gasteiger partial charge in [-0.1, -0.05) is 17.4 Å². The highest BCUT2D eigenvalue weighted by Crippen LogP contribution is 2.37. The number of hydrogen-bond acceptors (Lipinski definition) is 6. The molecule has 0 aliphatic rings. The number of nitrogen functional groups attached to an aromatic ring is 1. The third kappa shape index (κ3) is 2.39. The molecule has 7 heteroatoms. The minimum absolute atomic E-state index is 0.199. The van der Waals surface area contributed by atoms with Crippen LogP contribution in [0.4, 0.5) is 5.13 Å². The summed E-state index contributed by atoms with van der Waals surface area (Å²) in [5.74, 6) is 0.199. The van der Waals surface area contributed by atoms with E-state index in [4.69, 9.17) is 5.73 Å². The molecule has 1 aromatic carbocycles. The lowest BCUT2D eigenvalue weighted by Gasteiger charge is -2.13. The Bertz CT molecular complexity index is 1200. The van der Waals surface area contributed by atoms with Gasteiger partial charge in [-0.15, -0.1) is 0 Å². The number of thiazole rings is 1. The molecule has 26 heavy (non-hydrogen) atoms. The number of phenols is 1. The molecule has 0 amide bonds. The number of nitrogens with zero attached hydrogens (tertiary/aromatic N) is 3. The van der Waals surface area contributed by atoms with Gasteiger partial charge in [-0.2, -0.15) is 5.26 Å². The van der Waals surface area contributed by atoms with Gasteiger partial charge in [0.05, 0.1) is 16.1 Å². The molecule has 6 nitrogen and oxygen atoms in total. The van der Waals surface area contributed by atoms with E-state index in [1.807, 2.05) is 26.0 Å². The molecule has 0 unspecified atom stereocenters. The van der Waals surface area contributed by atoms with Crippen LogP contribution in [-0.2, 0) is 0 Å². The van der Waals surface area contributed by atoms with Crippen molar-refractivity contribution in [3.05, 3.63) is 47.3 Å². The van der Waals surface area contributed by atoms with Crippen molar-refractivity contribution in [2.45, 2.75) is 13.8 Å². The fourth-order valence-electron chi connectivity index (χ4n) is 3.18. The number of H-pyrrole nitrogens is 1. The smallest absolute Gasteiger partial charge is 0.180 e.